The van der Waals surface area contributed by atoms with Gasteiger partial charge >= 0.3 is 0 Å². The molecular weight excluding hydrogens is 190 g/mol. The summed E-state index contributed by atoms with van der Waals surface area (Å²) in [6.07, 6.45) is 4.23. The van der Waals surface area contributed by atoms with Gasteiger partial charge in [-0.1, -0.05) is 6.07 Å². The van der Waals surface area contributed by atoms with Crippen molar-refractivity contribution in [3.05, 3.63) is 30.1 Å². The van der Waals surface area contributed by atoms with Gasteiger partial charge in [0.1, 0.15) is 0 Å². The molecule has 1 fully saturated rings. The van der Waals surface area contributed by atoms with Crippen molar-refractivity contribution in [3.63, 3.8) is 0 Å². The highest BCUT2D eigenvalue weighted by Crippen LogP contribution is 2.36. The molecule has 0 saturated heterocycles. The highest BCUT2D eigenvalue weighted by atomic mass is 16.5. The number of ether oxygens (including phenoxy) is 1. The Bertz CT molecular complexity index is 298. The second-order valence-corrected chi connectivity index (χ2v) is 4.13. The Morgan fingerprint density at radius 3 is 2.87 bits per heavy atom. The van der Waals surface area contributed by atoms with E-state index >= 15 is 0 Å². The molecule has 0 aliphatic heterocycles. The van der Waals surface area contributed by atoms with E-state index in [2.05, 4.69) is 4.98 Å². The van der Waals surface area contributed by atoms with Crippen LogP contribution in [0.1, 0.15) is 18.5 Å². The first-order valence-electron chi connectivity index (χ1n) is 5.42. The second-order valence-electron chi connectivity index (χ2n) is 4.13. The molecule has 2 atom stereocenters. The Morgan fingerprint density at radius 1 is 1.53 bits per heavy atom. The molecule has 1 N–H and O–H groups in total. The van der Waals surface area contributed by atoms with E-state index in [4.69, 9.17) is 4.74 Å². The third-order valence-electron chi connectivity index (χ3n) is 2.88. The first-order valence-corrected chi connectivity index (χ1v) is 5.42. The predicted molar refractivity (Wildman–Crippen MR) is 57.5 cm³/mol. The minimum absolute atomic E-state index is 0.0213. The summed E-state index contributed by atoms with van der Waals surface area (Å²) in [4.78, 5) is 4.20. The van der Waals surface area contributed by atoms with E-state index in [0.717, 1.165) is 5.69 Å². The average Bonchev–Trinajstić information content (AvgIpc) is 3.04. The maximum absolute atomic E-state index is 10.0. The van der Waals surface area contributed by atoms with Crippen molar-refractivity contribution < 1.29 is 9.84 Å². The smallest absolute Gasteiger partial charge is 0.0862 e. The van der Waals surface area contributed by atoms with Gasteiger partial charge in [-0.05, 0) is 30.9 Å². The highest BCUT2D eigenvalue weighted by Gasteiger charge is 2.36. The van der Waals surface area contributed by atoms with Crippen LogP contribution in [0, 0.1) is 5.92 Å². The summed E-state index contributed by atoms with van der Waals surface area (Å²) in [5, 5.41) is 10.0. The van der Waals surface area contributed by atoms with Gasteiger partial charge in [-0.3, -0.25) is 4.98 Å². The van der Waals surface area contributed by atoms with Crippen molar-refractivity contribution in [2.24, 2.45) is 5.92 Å². The van der Waals surface area contributed by atoms with Gasteiger partial charge < -0.3 is 9.84 Å². The zero-order valence-electron chi connectivity index (χ0n) is 8.97. The predicted octanol–water partition coefficient (Wildman–Crippen LogP) is 1.41. The standard InChI is InChI=1S/C12H17NO2/c1-15-12(9-5-6-9)11(14)8-10-4-2-3-7-13-10/h2-4,7,9,11-12,14H,5-6,8H2,1H3. The van der Waals surface area contributed by atoms with E-state index < -0.39 is 6.10 Å². The summed E-state index contributed by atoms with van der Waals surface area (Å²) in [6, 6.07) is 5.75. The van der Waals surface area contributed by atoms with Crippen LogP contribution in [0.15, 0.2) is 24.4 Å². The Balaban J connectivity index is 1.93. The van der Waals surface area contributed by atoms with Gasteiger partial charge in [-0.25, -0.2) is 0 Å². The van der Waals surface area contributed by atoms with Crippen LogP contribution in [0.4, 0.5) is 0 Å². The molecule has 1 aromatic heterocycles. The van der Waals surface area contributed by atoms with Crippen LogP contribution in [-0.2, 0) is 11.2 Å². The summed E-state index contributed by atoms with van der Waals surface area (Å²) in [7, 11) is 1.67. The minimum atomic E-state index is -0.433. The molecule has 1 heterocycles. The average molecular weight is 207 g/mol. The van der Waals surface area contributed by atoms with Crippen LogP contribution in [-0.4, -0.2) is 29.4 Å². The second kappa shape index (κ2) is 4.73. The Labute approximate surface area is 90.1 Å². The quantitative estimate of drug-likeness (QED) is 0.793. The van der Waals surface area contributed by atoms with Gasteiger partial charge in [-0.15, -0.1) is 0 Å². The van der Waals surface area contributed by atoms with Crippen LogP contribution < -0.4 is 0 Å². The number of pyridine rings is 1. The molecule has 1 aliphatic carbocycles. The van der Waals surface area contributed by atoms with Crippen molar-refractivity contribution in [3.8, 4) is 0 Å². The van der Waals surface area contributed by atoms with Crippen LogP contribution >= 0.6 is 0 Å². The van der Waals surface area contributed by atoms with E-state index in [-0.39, 0.29) is 6.10 Å². The van der Waals surface area contributed by atoms with E-state index in [1.807, 2.05) is 18.2 Å². The lowest BCUT2D eigenvalue weighted by Crippen LogP contribution is -2.32. The topological polar surface area (TPSA) is 42.4 Å². The monoisotopic (exact) mass is 207 g/mol. The molecule has 1 saturated carbocycles. The molecular formula is C12H17NO2. The van der Waals surface area contributed by atoms with Crippen molar-refractivity contribution >= 4 is 0 Å². The normalized spacial score (nSPS) is 19.9. The molecule has 2 rings (SSSR count). The highest BCUT2D eigenvalue weighted by molar-refractivity contribution is 5.05. The summed E-state index contributed by atoms with van der Waals surface area (Å²) < 4.78 is 5.33. The molecule has 82 valence electrons. The van der Waals surface area contributed by atoms with Gasteiger partial charge in [0.05, 0.1) is 12.2 Å². The van der Waals surface area contributed by atoms with E-state index in [9.17, 15) is 5.11 Å². The van der Waals surface area contributed by atoms with Crippen LogP contribution in [0.2, 0.25) is 0 Å². The third-order valence-corrected chi connectivity index (χ3v) is 2.88. The molecule has 0 spiro atoms. The zero-order chi connectivity index (χ0) is 10.7. The van der Waals surface area contributed by atoms with Gasteiger partial charge in [0.25, 0.3) is 0 Å². The number of hydrogen-bond donors (Lipinski definition) is 1. The molecule has 0 amide bonds. The lowest BCUT2D eigenvalue weighted by atomic mass is 10.0. The third kappa shape index (κ3) is 2.76. The van der Waals surface area contributed by atoms with Gasteiger partial charge in [-0.2, -0.15) is 0 Å². The number of aliphatic hydroxyl groups excluding tert-OH is 1. The summed E-state index contributed by atoms with van der Waals surface area (Å²) in [5.74, 6) is 0.550. The fourth-order valence-electron chi connectivity index (χ4n) is 1.94. The summed E-state index contributed by atoms with van der Waals surface area (Å²) in [6.45, 7) is 0. The number of methoxy groups -OCH3 is 1. The van der Waals surface area contributed by atoms with Crippen molar-refractivity contribution in [1.82, 2.24) is 4.98 Å². The molecule has 0 bridgehead atoms. The number of aliphatic hydroxyl groups is 1. The molecule has 0 radical (unpaired) electrons. The Morgan fingerprint density at radius 2 is 2.33 bits per heavy atom. The van der Waals surface area contributed by atoms with Crippen LogP contribution in [0.3, 0.4) is 0 Å². The Hall–Kier alpha value is -0.930. The van der Waals surface area contributed by atoms with Gasteiger partial charge in [0.2, 0.25) is 0 Å². The first kappa shape index (κ1) is 10.6. The Kier molecular flexibility index (Phi) is 3.34. The lowest BCUT2D eigenvalue weighted by molar-refractivity contribution is -0.0241. The van der Waals surface area contributed by atoms with Crippen molar-refractivity contribution in [2.75, 3.05) is 7.11 Å². The number of aromatic nitrogens is 1. The number of hydrogen-bond acceptors (Lipinski definition) is 3. The van der Waals surface area contributed by atoms with Crippen molar-refractivity contribution in [1.29, 1.82) is 0 Å². The maximum Gasteiger partial charge on any atom is 0.0862 e. The van der Waals surface area contributed by atoms with E-state index in [1.54, 1.807) is 13.3 Å². The fraction of sp³-hybridized carbons (Fsp3) is 0.583. The summed E-state index contributed by atoms with van der Waals surface area (Å²) >= 11 is 0. The summed E-state index contributed by atoms with van der Waals surface area (Å²) in [5.41, 5.74) is 0.924. The largest absolute Gasteiger partial charge is 0.390 e. The first-order chi connectivity index (χ1) is 7.31. The minimum Gasteiger partial charge on any atom is -0.390 e. The number of nitrogens with zero attached hydrogens (tertiary/aromatic N) is 1. The molecule has 1 aliphatic rings. The van der Waals surface area contributed by atoms with Gasteiger partial charge in [0.15, 0.2) is 0 Å². The molecule has 3 heteroatoms. The van der Waals surface area contributed by atoms with Crippen LogP contribution in [0.25, 0.3) is 0 Å². The molecule has 0 aromatic carbocycles. The molecule has 15 heavy (non-hydrogen) atoms. The SMILES string of the molecule is COC(C(O)Cc1ccccn1)C1CC1. The van der Waals surface area contributed by atoms with Gasteiger partial charge in [0, 0.05) is 25.4 Å². The van der Waals surface area contributed by atoms with E-state index in [1.165, 1.54) is 12.8 Å². The van der Waals surface area contributed by atoms with E-state index in [0.29, 0.717) is 12.3 Å². The maximum atomic E-state index is 10.0. The fourth-order valence-corrected chi connectivity index (χ4v) is 1.94. The molecule has 2 unspecified atom stereocenters. The molecule has 1 aromatic rings. The lowest BCUT2D eigenvalue weighted by Gasteiger charge is -2.20. The van der Waals surface area contributed by atoms with Crippen molar-refractivity contribution in [2.45, 2.75) is 31.5 Å². The molecule has 3 nitrogen and oxygen atoms in total. The zero-order valence-corrected chi connectivity index (χ0v) is 8.97. The van der Waals surface area contributed by atoms with Crippen LogP contribution in [0.5, 0.6) is 0 Å². The number of rotatable bonds is 5.